The summed E-state index contributed by atoms with van der Waals surface area (Å²) in [5, 5.41) is 8.89. The number of nitrogens with zero attached hydrogens (tertiary/aromatic N) is 1. The number of hydrogen-bond donors (Lipinski definition) is 0. The fourth-order valence-corrected chi connectivity index (χ4v) is 0.924. The molecule has 0 bridgehead atoms. The molecule has 0 atom stereocenters. The van der Waals surface area contributed by atoms with E-state index in [1.807, 2.05) is 6.07 Å². The Morgan fingerprint density at radius 2 is 1.79 bits per heavy atom. The Bertz CT molecular complexity index is 243. The standard InChI is InChI=1S/C9H14N.C2H4O2/c1-2-3-7-10-8-5-4-6-9-10;1-2(3)4/h4-6,8-9H,2-3,7H2,1H3;1H3,(H,3,4)/q+1;/p-1. The Morgan fingerprint density at radius 3 is 2.21 bits per heavy atom. The molecule has 1 aromatic rings. The molecule has 3 nitrogen and oxygen atoms in total. The molecule has 0 fully saturated rings. The van der Waals surface area contributed by atoms with Crippen LogP contribution in [0.1, 0.15) is 26.7 Å². The van der Waals surface area contributed by atoms with Gasteiger partial charge in [-0.1, -0.05) is 19.4 Å². The number of aryl methyl sites for hydroxylation is 1. The van der Waals surface area contributed by atoms with Crippen molar-refractivity contribution in [2.45, 2.75) is 33.2 Å². The minimum absolute atomic E-state index is 0.972. The molecule has 0 radical (unpaired) electrons. The SMILES string of the molecule is CC(=O)[O-].CCCC[n+]1ccccc1. The summed E-state index contributed by atoms with van der Waals surface area (Å²) in [6.45, 7) is 4.33. The van der Waals surface area contributed by atoms with E-state index in [2.05, 4.69) is 36.0 Å². The molecule has 0 aromatic carbocycles. The molecule has 14 heavy (non-hydrogen) atoms. The Morgan fingerprint density at radius 1 is 1.29 bits per heavy atom. The number of carbonyl (C=O) groups excluding carboxylic acids is 1. The fourth-order valence-electron chi connectivity index (χ4n) is 0.924. The summed E-state index contributed by atoms with van der Waals surface area (Å²) >= 11 is 0. The molecule has 0 saturated heterocycles. The van der Waals surface area contributed by atoms with Crippen molar-refractivity contribution in [3.05, 3.63) is 30.6 Å². The van der Waals surface area contributed by atoms with Gasteiger partial charge in [0.05, 0.1) is 0 Å². The topological polar surface area (TPSA) is 44.0 Å². The molecule has 0 amide bonds. The molecule has 78 valence electrons. The van der Waals surface area contributed by atoms with E-state index in [0.717, 1.165) is 13.5 Å². The quantitative estimate of drug-likeness (QED) is 0.660. The number of carbonyl (C=O) groups is 1. The van der Waals surface area contributed by atoms with Crippen molar-refractivity contribution in [1.82, 2.24) is 0 Å². The van der Waals surface area contributed by atoms with Gasteiger partial charge in [-0.3, -0.25) is 0 Å². The molecule has 0 saturated carbocycles. The third kappa shape index (κ3) is 8.71. The molecule has 0 N–H and O–H groups in total. The molecule has 0 aliphatic carbocycles. The van der Waals surface area contributed by atoms with Crippen LogP contribution in [-0.4, -0.2) is 5.97 Å². The minimum atomic E-state index is -1.08. The Balaban J connectivity index is 0.000000364. The molecule has 1 aromatic heterocycles. The second kappa shape index (κ2) is 8.23. The molecular weight excluding hydrogens is 178 g/mol. The van der Waals surface area contributed by atoms with Gasteiger partial charge in [-0.25, -0.2) is 4.57 Å². The number of hydrogen-bond acceptors (Lipinski definition) is 2. The number of aromatic nitrogens is 1. The summed E-state index contributed by atoms with van der Waals surface area (Å²) in [6.07, 6.45) is 6.75. The van der Waals surface area contributed by atoms with E-state index < -0.39 is 5.97 Å². The first-order valence-corrected chi connectivity index (χ1v) is 4.78. The van der Waals surface area contributed by atoms with Crippen molar-refractivity contribution < 1.29 is 14.5 Å². The maximum Gasteiger partial charge on any atom is 0.168 e. The van der Waals surface area contributed by atoms with Gasteiger partial charge in [0.2, 0.25) is 0 Å². The average molecular weight is 195 g/mol. The lowest BCUT2D eigenvalue weighted by Crippen LogP contribution is -2.31. The van der Waals surface area contributed by atoms with Gasteiger partial charge in [-0.2, -0.15) is 0 Å². The zero-order valence-corrected chi connectivity index (χ0v) is 8.77. The maximum atomic E-state index is 8.89. The highest BCUT2D eigenvalue weighted by atomic mass is 16.4. The molecule has 0 aliphatic heterocycles. The van der Waals surface area contributed by atoms with Crippen molar-refractivity contribution in [3.8, 4) is 0 Å². The first kappa shape index (κ1) is 12.6. The molecular formula is C11H17NO2. The van der Waals surface area contributed by atoms with Gasteiger partial charge in [0.25, 0.3) is 0 Å². The summed E-state index contributed by atoms with van der Waals surface area (Å²) < 4.78 is 2.21. The van der Waals surface area contributed by atoms with E-state index in [4.69, 9.17) is 9.90 Å². The van der Waals surface area contributed by atoms with Crippen molar-refractivity contribution in [3.63, 3.8) is 0 Å². The predicted octanol–water partition coefficient (Wildman–Crippen LogP) is 0.530. The highest BCUT2D eigenvalue weighted by Crippen LogP contribution is 1.85. The van der Waals surface area contributed by atoms with Crippen molar-refractivity contribution in [2.24, 2.45) is 0 Å². The summed E-state index contributed by atoms with van der Waals surface area (Å²) in [5.41, 5.74) is 0. The van der Waals surface area contributed by atoms with Gasteiger partial charge in [-0.15, -0.1) is 0 Å². The Labute approximate surface area is 85.0 Å². The molecule has 1 heterocycles. The van der Waals surface area contributed by atoms with E-state index in [9.17, 15) is 0 Å². The Hall–Kier alpha value is -1.38. The van der Waals surface area contributed by atoms with E-state index in [1.165, 1.54) is 12.8 Å². The summed E-state index contributed by atoms with van der Waals surface area (Å²) in [7, 11) is 0. The van der Waals surface area contributed by atoms with Crippen LogP contribution < -0.4 is 9.67 Å². The largest absolute Gasteiger partial charge is 0.550 e. The second-order valence-corrected chi connectivity index (χ2v) is 2.96. The Kier molecular flexibility index (Phi) is 7.42. The van der Waals surface area contributed by atoms with Gasteiger partial charge >= 0.3 is 0 Å². The lowest BCUT2D eigenvalue weighted by molar-refractivity contribution is -0.697. The van der Waals surface area contributed by atoms with Crippen LogP contribution in [0.15, 0.2) is 30.6 Å². The van der Waals surface area contributed by atoms with Crippen LogP contribution in [0.25, 0.3) is 0 Å². The zero-order valence-electron chi connectivity index (χ0n) is 8.77. The van der Waals surface area contributed by atoms with Crippen LogP contribution in [0.5, 0.6) is 0 Å². The van der Waals surface area contributed by atoms with Crippen molar-refractivity contribution in [2.75, 3.05) is 0 Å². The number of rotatable bonds is 3. The smallest absolute Gasteiger partial charge is 0.168 e. The number of pyridine rings is 1. The van der Waals surface area contributed by atoms with E-state index in [-0.39, 0.29) is 0 Å². The summed E-state index contributed by atoms with van der Waals surface area (Å²) in [5.74, 6) is -1.08. The molecule has 1 rings (SSSR count). The third-order valence-electron chi connectivity index (χ3n) is 1.55. The summed E-state index contributed by atoms with van der Waals surface area (Å²) in [6, 6.07) is 6.17. The number of carboxylic acids is 1. The monoisotopic (exact) mass is 195 g/mol. The van der Waals surface area contributed by atoms with Crippen LogP contribution >= 0.6 is 0 Å². The van der Waals surface area contributed by atoms with Crippen LogP contribution in [0.3, 0.4) is 0 Å². The van der Waals surface area contributed by atoms with Gasteiger partial charge < -0.3 is 9.90 Å². The predicted molar refractivity (Wildman–Crippen MR) is 52.2 cm³/mol. The highest BCUT2D eigenvalue weighted by Gasteiger charge is 1.93. The third-order valence-corrected chi connectivity index (χ3v) is 1.55. The van der Waals surface area contributed by atoms with Crippen LogP contribution in [-0.2, 0) is 11.3 Å². The van der Waals surface area contributed by atoms with E-state index in [0.29, 0.717) is 0 Å². The fraction of sp³-hybridized carbons (Fsp3) is 0.455. The molecule has 0 spiro atoms. The maximum absolute atomic E-state index is 8.89. The van der Waals surface area contributed by atoms with Crippen molar-refractivity contribution in [1.29, 1.82) is 0 Å². The minimum Gasteiger partial charge on any atom is -0.550 e. The molecule has 3 heteroatoms. The first-order chi connectivity index (χ1) is 6.66. The molecule has 0 aliphatic rings. The highest BCUT2D eigenvalue weighted by molar-refractivity contribution is 5.60. The van der Waals surface area contributed by atoms with Gasteiger partial charge in [0.15, 0.2) is 12.4 Å². The van der Waals surface area contributed by atoms with Gasteiger partial charge in [0.1, 0.15) is 6.54 Å². The summed E-state index contributed by atoms with van der Waals surface area (Å²) in [4.78, 5) is 8.89. The lowest BCUT2D eigenvalue weighted by atomic mass is 10.3. The van der Waals surface area contributed by atoms with E-state index >= 15 is 0 Å². The first-order valence-electron chi connectivity index (χ1n) is 4.78. The van der Waals surface area contributed by atoms with Gasteiger partial charge in [0, 0.05) is 24.5 Å². The van der Waals surface area contributed by atoms with Crippen LogP contribution in [0, 0.1) is 0 Å². The normalized spacial score (nSPS) is 8.71. The van der Waals surface area contributed by atoms with Crippen molar-refractivity contribution >= 4 is 5.97 Å². The van der Waals surface area contributed by atoms with E-state index in [1.54, 1.807) is 0 Å². The van der Waals surface area contributed by atoms with Crippen LogP contribution in [0.4, 0.5) is 0 Å². The lowest BCUT2D eigenvalue weighted by Gasteiger charge is -1.91. The molecule has 0 unspecified atom stereocenters. The average Bonchev–Trinajstić information content (AvgIpc) is 2.15. The van der Waals surface area contributed by atoms with Crippen LogP contribution in [0.2, 0.25) is 0 Å². The zero-order chi connectivity index (χ0) is 10.8. The van der Waals surface area contributed by atoms with Gasteiger partial charge in [-0.05, 0) is 6.92 Å². The number of unbranched alkanes of at least 4 members (excludes halogenated alkanes) is 1. The number of aliphatic carboxylic acids is 1. The number of carboxylic acid groups (broad SMARTS) is 1. The second-order valence-electron chi connectivity index (χ2n) is 2.96.